The Morgan fingerprint density at radius 1 is 1.07 bits per heavy atom. The summed E-state index contributed by atoms with van der Waals surface area (Å²) < 4.78 is 6.97. The Bertz CT molecular complexity index is 1270. The van der Waals surface area contributed by atoms with Crippen molar-refractivity contribution >= 4 is 27.5 Å². The number of carboxylic acids is 1. The molecule has 0 spiro atoms. The second kappa shape index (κ2) is 8.04. The lowest BCUT2D eigenvalue weighted by atomic mass is 10.1. The second-order valence-electron chi connectivity index (χ2n) is 6.86. The summed E-state index contributed by atoms with van der Waals surface area (Å²) in [5, 5.41) is 20.0. The fraction of sp³-hybridized carbons (Fsp3) is 0.130. The van der Waals surface area contributed by atoms with Crippen molar-refractivity contribution < 1.29 is 19.7 Å². The number of benzene rings is 2. The van der Waals surface area contributed by atoms with Crippen molar-refractivity contribution in [2.45, 2.75) is 13.0 Å². The molecule has 6 nitrogen and oxygen atoms in total. The van der Waals surface area contributed by atoms with Gasteiger partial charge < -0.3 is 14.9 Å². The molecule has 0 saturated heterocycles. The van der Waals surface area contributed by atoms with E-state index in [1.165, 1.54) is 15.9 Å². The van der Waals surface area contributed by atoms with E-state index in [0.717, 1.165) is 16.0 Å². The molecule has 0 aliphatic heterocycles. The molecule has 2 heterocycles. The first-order valence-electron chi connectivity index (χ1n) is 9.26. The number of carbonyl (C=O) groups is 1. The number of methoxy groups -OCH3 is 1. The van der Waals surface area contributed by atoms with E-state index >= 15 is 0 Å². The molecule has 0 atom stereocenters. The maximum absolute atomic E-state index is 12.8. The van der Waals surface area contributed by atoms with Crippen molar-refractivity contribution in [3.8, 4) is 11.5 Å². The summed E-state index contributed by atoms with van der Waals surface area (Å²) in [7, 11) is 1.57. The molecule has 30 heavy (non-hydrogen) atoms. The van der Waals surface area contributed by atoms with E-state index in [4.69, 9.17) is 4.74 Å². The van der Waals surface area contributed by atoms with Crippen molar-refractivity contribution in [3.63, 3.8) is 0 Å². The van der Waals surface area contributed by atoms with Crippen LogP contribution in [0.25, 0.3) is 10.2 Å². The van der Waals surface area contributed by atoms with Gasteiger partial charge in [0.2, 0.25) is 0 Å². The van der Waals surface area contributed by atoms with Gasteiger partial charge in [0.1, 0.15) is 11.3 Å². The summed E-state index contributed by atoms with van der Waals surface area (Å²) in [4.78, 5) is 25.5. The number of ether oxygens (including phenoxy) is 1. The first-order valence-corrected chi connectivity index (χ1v) is 10.1. The largest absolute Gasteiger partial charge is 0.502 e. The first-order chi connectivity index (χ1) is 14.5. The highest BCUT2D eigenvalue weighted by molar-refractivity contribution is 7.19. The van der Waals surface area contributed by atoms with Gasteiger partial charge in [0, 0.05) is 11.3 Å². The van der Waals surface area contributed by atoms with E-state index in [-0.39, 0.29) is 12.1 Å². The van der Waals surface area contributed by atoms with E-state index in [9.17, 15) is 19.8 Å². The minimum absolute atomic E-state index is 0.203. The third-order valence-electron chi connectivity index (χ3n) is 4.90. The number of nitrogens with zero attached hydrogens (tertiary/aromatic N) is 1. The molecular formula is C23H19NO5S. The van der Waals surface area contributed by atoms with Crippen molar-refractivity contribution in [2.75, 3.05) is 7.11 Å². The summed E-state index contributed by atoms with van der Waals surface area (Å²) in [6.45, 7) is 0.203. The van der Waals surface area contributed by atoms with Crippen LogP contribution >= 0.6 is 11.3 Å². The van der Waals surface area contributed by atoms with Crippen LogP contribution in [0.4, 0.5) is 0 Å². The van der Waals surface area contributed by atoms with Gasteiger partial charge in [-0.2, -0.15) is 0 Å². The lowest BCUT2D eigenvalue weighted by Gasteiger charge is -2.11. The smallest absolute Gasteiger partial charge is 0.341 e. The lowest BCUT2D eigenvalue weighted by molar-refractivity contribution is 0.0695. The summed E-state index contributed by atoms with van der Waals surface area (Å²) in [5.74, 6) is -1.36. The van der Waals surface area contributed by atoms with Crippen LogP contribution in [0.2, 0.25) is 0 Å². The molecule has 0 aliphatic carbocycles. The average molecular weight is 421 g/mol. The first kappa shape index (κ1) is 19.7. The molecule has 0 amide bonds. The molecule has 7 heteroatoms. The van der Waals surface area contributed by atoms with E-state index in [1.54, 1.807) is 19.2 Å². The fourth-order valence-electron chi connectivity index (χ4n) is 3.42. The van der Waals surface area contributed by atoms with Crippen molar-refractivity contribution in [2.24, 2.45) is 0 Å². The number of aromatic hydroxyl groups is 1. The van der Waals surface area contributed by atoms with Gasteiger partial charge in [0.15, 0.2) is 5.75 Å². The number of hydrogen-bond donors (Lipinski definition) is 2. The molecule has 0 radical (unpaired) electrons. The Morgan fingerprint density at radius 2 is 1.77 bits per heavy atom. The highest BCUT2D eigenvalue weighted by Crippen LogP contribution is 2.33. The third-order valence-corrected chi connectivity index (χ3v) is 6.04. The zero-order valence-electron chi connectivity index (χ0n) is 16.2. The van der Waals surface area contributed by atoms with Crippen molar-refractivity contribution in [1.29, 1.82) is 0 Å². The Kier molecular flexibility index (Phi) is 5.29. The Balaban J connectivity index is 1.85. The Hall–Kier alpha value is -3.58. The van der Waals surface area contributed by atoms with Crippen LogP contribution in [0.1, 0.15) is 26.4 Å². The number of fused-ring (bicyclic) bond motifs is 1. The maximum Gasteiger partial charge on any atom is 0.341 e. The molecule has 4 aromatic rings. The van der Waals surface area contributed by atoms with Crippen molar-refractivity contribution in [3.05, 3.63) is 92.6 Å². The predicted molar refractivity (Wildman–Crippen MR) is 116 cm³/mol. The SMILES string of the molecule is COc1ccc(Cn2c(=O)c(O)c(C(=O)O)c3sc(Cc4ccccc4)cc32)cc1. The number of aromatic nitrogens is 1. The number of rotatable bonds is 6. The van der Waals surface area contributed by atoms with E-state index in [1.807, 2.05) is 48.5 Å². The zero-order valence-corrected chi connectivity index (χ0v) is 17.0. The zero-order chi connectivity index (χ0) is 21.3. The highest BCUT2D eigenvalue weighted by atomic mass is 32.1. The molecule has 0 unspecified atom stereocenters. The van der Waals surface area contributed by atoms with Crippen LogP contribution in [-0.2, 0) is 13.0 Å². The van der Waals surface area contributed by atoms with Crippen LogP contribution < -0.4 is 10.3 Å². The normalized spacial score (nSPS) is 11.0. The van der Waals surface area contributed by atoms with Gasteiger partial charge >= 0.3 is 5.97 Å². The van der Waals surface area contributed by atoms with Gasteiger partial charge in [0.05, 0.1) is 23.9 Å². The molecule has 4 rings (SSSR count). The molecule has 0 bridgehead atoms. The van der Waals surface area contributed by atoms with Crippen LogP contribution in [-0.4, -0.2) is 27.9 Å². The number of carboxylic acid groups (broad SMARTS) is 1. The fourth-order valence-corrected chi connectivity index (χ4v) is 4.65. The maximum atomic E-state index is 12.8. The van der Waals surface area contributed by atoms with Gasteiger partial charge in [-0.25, -0.2) is 4.79 Å². The molecule has 0 saturated carbocycles. The topological polar surface area (TPSA) is 88.8 Å². The van der Waals surface area contributed by atoms with E-state index in [2.05, 4.69) is 0 Å². The monoisotopic (exact) mass is 421 g/mol. The molecule has 0 fully saturated rings. The lowest BCUT2D eigenvalue weighted by Crippen LogP contribution is -2.22. The van der Waals surface area contributed by atoms with Gasteiger partial charge in [-0.1, -0.05) is 42.5 Å². The number of aromatic carboxylic acids is 1. The number of pyridine rings is 1. The van der Waals surface area contributed by atoms with Gasteiger partial charge in [-0.3, -0.25) is 9.36 Å². The molecule has 0 aliphatic rings. The second-order valence-corrected chi connectivity index (χ2v) is 7.99. The Labute approximate surface area is 176 Å². The van der Waals surface area contributed by atoms with Crippen LogP contribution in [0, 0.1) is 0 Å². The molecule has 2 aromatic carbocycles. The third kappa shape index (κ3) is 3.67. The van der Waals surface area contributed by atoms with Crippen LogP contribution in [0.5, 0.6) is 11.5 Å². The summed E-state index contributed by atoms with van der Waals surface area (Å²) in [6, 6.07) is 18.9. The molecule has 2 N–H and O–H groups in total. The summed E-state index contributed by atoms with van der Waals surface area (Å²) in [5.41, 5.74) is 1.35. The number of hydrogen-bond acceptors (Lipinski definition) is 5. The average Bonchev–Trinajstić information content (AvgIpc) is 3.15. The minimum Gasteiger partial charge on any atom is -0.502 e. The predicted octanol–water partition coefficient (Wildman–Crippen LogP) is 4.11. The van der Waals surface area contributed by atoms with Crippen LogP contribution in [0.15, 0.2) is 65.5 Å². The molecule has 2 aromatic heterocycles. The molecular weight excluding hydrogens is 402 g/mol. The van der Waals surface area contributed by atoms with Crippen molar-refractivity contribution in [1.82, 2.24) is 4.57 Å². The standard InChI is InChI=1S/C23H19NO5S/c1-29-16-9-7-15(8-10-16)13-24-18-12-17(11-14-5-3-2-4-6-14)30-21(18)19(23(27)28)20(25)22(24)26/h2-10,12,25H,11,13H2,1H3,(H,27,28). The minimum atomic E-state index is -1.32. The number of thiophene rings is 1. The molecule has 152 valence electrons. The summed E-state index contributed by atoms with van der Waals surface area (Å²) >= 11 is 1.28. The summed E-state index contributed by atoms with van der Waals surface area (Å²) in [6.07, 6.45) is 0.608. The van der Waals surface area contributed by atoms with Gasteiger partial charge in [-0.05, 0) is 29.3 Å². The Morgan fingerprint density at radius 3 is 2.40 bits per heavy atom. The van der Waals surface area contributed by atoms with Gasteiger partial charge in [0.25, 0.3) is 5.56 Å². The van der Waals surface area contributed by atoms with E-state index < -0.39 is 17.3 Å². The van der Waals surface area contributed by atoms with Crippen LogP contribution in [0.3, 0.4) is 0 Å². The van der Waals surface area contributed by atoms with Gasteiger partial charge in [-0.15, -0.1) is 11.3 Å². The highest BCUT2D eigenvalue weighted by Gasteiger charge is 2.23. The van der Waals surface area contributed by atoms with E-state index in [0.29, 0.717) is 22.4 Å². The quantitative estimate of drug-likeness (QED) is 0.489.